The Morgan fingerprint density at radius 1 is 0.816 bits per heavy atom. The summed E-state index contributed by atoms with van der Waals surface area (Å²) in [5.41, 5.74) is 11.5. The Morgan fingerprint density at radius 3 is 2.42 bits per heavy atom. The fourth-order valence-corrected chi connectivity index (χ4v) is 7.10. The van der Waals surface area contributed by atoms with E-state index in [1.807, 2.05) is 6.07 Å². The Hall–Kier alpha value is -3.50. The van der Waals surface area contributed by atoms with Crippen LogP contribution in [0.1, 0.15) is 52.7 Å². The Bertz CT molecular complexity index is 1900. The van der Waals surface area contributed by atoms with E-state index >= 15 is 0 Å². The number of nitrogens with zero attached hydrogens (tertiary/aromatic N) is 1. The lowest BCUT2D eigenvalue weighted by atomic mass is 9.34. The molecule has 0 amide bonds. The number of benzene rings is 4. The van der Waals surface area contributed by atoms with Gasteiger partial charge >= 0.3 is 0 Å². The number of thiophene rings is 1. The summed E-state index contributed by atoms with van der Waals surface area (Å²) >= 11 is 1.64. The van der Waals surface area contributed by atoms with Gasteiger partial charge in [0.25, 0.3) is 6.71 Å². The lowest BCUT2D eigenvalue weighted by Gasteiger charge is -2.40. The highest BCUT2D eigenvalue weighted by molar-refractivity contribution is 7.24. The first-order valence-electron chi connectivity index (χ1n) is 14.7. The topological polar surface area (TPSA) is 12.5 Å². The lowest BCUT2D eigenvalue weighted by Crippen LogP contribution is -2.59. The minimum absolute atomic E-state index is 0.0319. The summed E-state index contributed by atoms with van der Waals surface area (Å²) < 4.78 is 32.8. The van der Waals surface area contributed by atoms with E-state index in [1.165, 1.54) is 43.3 Å². The molecule has 38 heavy (non-hydrogen) atoms. The molecule has 2 aliphatic heterocycles. The minimum Gasteiger partial charge on any atom is -0.448 e. The molecular formula is C34H32BNOS. The number of fused-ring (bicyclic) bond motifs is 6. The highest BCUT2D eigenvalue weighted by Crippen LogP contribution is 2.45. The van der Waals surface area contributed by atoms with Crippen molar-refractivity contribution in [3.05, 3.63) is 94.5 Å². The van der Waals surface area contributed by atoms with Crippen molar-refractivity contribution in [2.24, 2.45) is 0 Å². The van der Waals surface area contributed by atoms with Crippen LogP contribution < -0.4 is 26.0 Å². The van der Waals surface area contributed by atoms with E-state index in [1.54, 1.807) is 17.4 Å². The van der Waals surface area contributed by atoms with Crippen LogP contribution in [0.3, 0.4) is 0 Å². The maximum absolute atomic E-state index is 8.32. The van der Waals surface area contributed by atoms with Gasteiger partial charge in [-0.25, -0.2) is 0 Å². The first-order valence-corrected chi connectivity index (χ1v) is 14.0. The van der Waals surface area contributed by atoms with E-state index in [0.717, 1.165) is 27.6 Å². The average molecular weight is 517 g/mol. The summed E-state index contributed by atoms with van der Waals surface area (Å²) in [5.74, 6) is 0.634. The van der Waals surface area contributed by atoms with Gasteiger partial charge in [0.2, 0.25) is 0 Å². The van der Waals surface area contributed by atoms with Crippen LogP contribution in [-0.2, 0) is 5.41 Å². The van der Waals surface area contributed by atoms with Crippen molar-refractivity contribution in [1.29, 1.82) is 0 Å². The third kappa shape index (κ3) is 3.39. The van der Waals surface area contributed by atoms with Gasteiger partial charge in [-0.1, -0.05) is 68.0 Å². The van der Waals surface area contributed by atoms with Crippen molar-refractivity contribution in [1.82, 2.24) is 0 Å². The molecule has 0 N–H and O–H groups in total. The van der Waals surface area contributed by atoms with Crippen LogP contribution >= 0.6 is 11.3 Å². The Balaban J connectivity index is 1.62. The molecule has 0 spiro atoms. The molecule has 0 saturated heterocycles. The van der Waals surface area contributed by atoms with Crippen molar-refractivity contribution in [2.45, 2.75) is 53.8 Å². The summed E-state index contributed by atoms with van der Waals surface area (Å²) in [7, 11) is 0. The summed E-state index contributed by atoms with van der Waals surface area (Å²) in [6, 6.07) is 23.5. The quantitative estimate of drug-likeness (QED) is 0.206. The average Bonchev–Trinajstić information content (AvgIpc) is 3.26. The van der Waals surface area contributed by atoms with Crippen molar-refractivity contribution in [2.75, 3.05) is 4.90 Å². The third-order valence-corrected chi connectivity index (χ3v) is 9.25. The number of anilines is 3. The smallest absolute Gasteiger partial charge is 0.258 e. The van der Waals surface area contributed by atoms with E-state index in [0.29, 0.717) is 5.75 Å². The van der Waals surface area contributed by atoms with Gasteiger partial charge in [0.05, 0.1) is 0 Å². The van der Waals surface area contributed by atoms with E-state index in [2.05, 4.69) is 101 Å². The SMILES string of the molecule is [2H]C([2H])([2H])c1cc2c3c(c1)N(c1ccc(C)c(C)c1)c1ccc(C(C)(C)C)cc1B3c1c(sc3ccc(C)cc13)O2. The second-order valence-electron chi connectivity index (χ2n) is 11.9. The highest BCUT2D eigenvalue weighted by Gasteiger charge is 2.44. The van der Waals surface area contributed by atoms with Gasteiger partial charge < -0.3 is 9.64 Å². The Labute approximate surface area is 234 Å². The number of hydrogen-bond donors (Lipinski definition) is 0. The van der Waals surface area contributed by atoms with E-state index < -0.39 is 6.85 Å². The first kappa shape index (κ1) is 20.5. The highest BCUT2D eigenvalue weighted by atomic mass is 32.1. The van der Waals surface area contributed by atoms with Crippen LogP contribution in [0, 0.1) is 27.6 Å². The van der Waals surface area contributed by atoms with E-state index in [-0.39, 0.29) is 17.7 Å². The number of rotatable bonds is 1. The van der Waals surface area contributed by atoms with Crippen LogP contribution in [0.5, 0.6) is 10.8 Å². The molecule has 2 nitrogen and oxygen atoms in total. The molecule has 0 saturated carbocycles. The molecule has 0 bridgehead atoms. The van der Waals surface area contributed by atoms with Gasteiger partial charge in [-0.05, 0) is 113 Å². The maximum Gasteiger partial charge on any atom is 0.258 e. The van der Waals surface area contributed by atoms with Crippen LogP contribution in [0.15, 0.2) is 66.7 Å². The van der Waals surface area contributed by atoms with Crippen LogP contribution in [0.2, 0.25) is 0 Å². The second-order valence-corrected chi connectivity index (χ2v) is 12.9. The molecule has 3 heterocycles. The van der Waals surface area contributed by atoms with E-state index in [4.69, 9.17) is 8.85 Å². The maximum atomic E-state index is 8.32. The molecule has 0 radical (unpaired) electrons. The molecule has 0 atom stereocenters. The van der Waals surface area contributed by atoms with Crippen molar-refractivity contribution in [3.8, 4) is 10.8 Å². The third-order valence-electron chi connectivity index (χ3n) is 8.18. The fourth-order valence-electron chi connectivity index (χ4n) is 6.01. The Kier molecular flexibility index (Phi) is 4.31. The standard InChI is InChI=1S/C34H32BNOS/c1-19-8-13-30-25(14-19)31-33(38-30)37-29-16-20(2)15-28-32(29)35(31)26-18-23(34(5,6)7)10-12-27(26)36(28)24-11-9-21(3)22(4)17-24/h8-18H,1-7H3/i2D3. The van der Waals surface area contributed by atoms with Gasteiger partial charge in [0, 0.05) is 25.9 Å². The van der Waals surface area contributed by atoms with Crippen LogP contribution in [0.4, 0.5) is 17.1 Å². The largest absolute Gasteiger partial charge is 0.448 e. The monoisotopic (exact) mass is 516 g/mol. The van der Waals surface area contributed by atoms with Crippen LogP contribution in [0.25, 0.3) is 10.1 Å². The predicted octanol–water partition coefficient (Wildman–Crippen LogP) is 7.84. The normalized spacial score (nSPS) is 15.3. The second kappa shape index (κ2) is 8.00. The molecule has 188 valence electrons. The summed E-state index contributed by atoms with van der Waals surface area (Å²) in [4.78, 5) is 2.24. The molecule has 7 rings (SSSR count). The van der Waals surface area contributed by atoms with Crippen LogP contribution in [-0.4, -0.2) is 6.71 Å². The van der Waals surface area contributed by atoms with Crippen molar-refractivity contribution >= 4 is 61.6 Å². The summed E-state index contributed by atoms with van der Waals surface area (Å²) in [6.07, 6.45) is 0. The predicted molar refractivity (Wildman–Crippen MR) is 165 cm³/mol. The van der Waals surface area contributed by atoms with Gasteiger partial charge in [-0.2, -0.15) is 0 Å². The van der Waals surface area contributed by atoms with Gasteiger partial charge in [0.15, 0.2) is 5.06 Å². The van der Waals surface area contributed by atoms with E-state index in [9.17, 15) is 0 Å². The van der Waals surface area contributed by atoms with Crippen molar-refractivity contribution < 1.29 is 8.85 Å². The van der Waals surface area contributed by atoms with Gasteiger partial charge in [-0.15, -0.1) is 0 Å². The summed E-state index contributed by atoms with van der Waals surface area (Å²) in [5, 5.41) is 2.06. The molecule has 5 aromatic rings. The minimum atomic E-state index is -2.27. The first-order chi connectivity index (χ1) is 19.3. The van der Waals surface area contributed by atoms with Crippen molar-refractivity contribution in [3.63, 3.8) is 0 Å². The van der Waals surface area contributed by atoms with Gasteiger partial charge in [0.1, 0.15) is 5.75 Å². The zero-order chi connectivity index (χ0) is 29.0. The lowest BCUT2D eigenvalue weighted by molar-refractivity contribution is 0.501. The number of hydrogen-bond acceptors (Lipinski definition) is 3. The molecule has 0 unspecified atom stereocenters. The number of ether oxygens (including phenoxy) is 1. The molecule has 4 aromatic carbocycles. The molecule has 2 aliphatic rings. The number of aryl methyl sites for hydroxylation is 4. The fraction of sp³-hybridized carbons (Fsp3) is 0.235. The summed E-state index contributed by atoms with van der Waals surface area (Å²) in [6.45, 7) is 10.8. The molecule has 1 aromatic heterocycles. The zero-order valence-corrected chi connectivity index (χ0v) is 23.5. The van der Waals surface area contributed by atoms with Gasteiger partial charge in [-0.3, -0.25) is 0 Å². The molecular weight excluding hydrogens is 481 g/mol. The molecule has 4 heteroatoms. The molecule has 0 fully saturated rings. The Morgan fingerprint density at radius 2 is 1.66 bits per heavy atom. The zero-order valence-electron chi connectivity index (χ0n) is 25.7. The molecule has 0 aliphatic carbocycles.